The molecule has 5 heteroatoms. The fourth-order valence-electron chi connectivity index (χ4n) is 9.02. The zero-order valence-electron chi connectivity index (χ0n) is 32.4. The number of hydrogen-bond acceptors (Lipinski definition) is 3. The molecule has 12 aromatic rings. The minimum absolute atomic E-state index is 0.691. The van der Waals surface area contributed by atoms with E-state index in [1.54, 1.807) is 0 Å². The van der Waals surface area contributed by atoms with E-state index in [2.05, 4.69) is 209 Å². The molecule has 4 heterocycles. The first kappa shape index (κ1) is 33.9. The van der Waals surface area contributed by atoms with E-state index in [0.717, 1.165) is 83.7 Å². The monoisotopic (exact) mass is 765 g/mol. The molecule has 0 radical (unpaired) electrons. The molecule has 60 heavy (non-hydrogen) atoms. The van der Waals surface area contributed by atoms with Crippen LogP contribution < -0.4 is 0 Å². The van der Waals surface area contributed by atoms with E-state index >= 15 is 0 Å². The Balaban J connectivity index is 1.12. The van der Waals surface area contributed by atoms with Crippen molar-refractivity contribution < 1.29 is 0 Å². The van der Waals surface area contributed by atoms with Crippen LogP contribution in [0, 0.1) is 0 Å². The van der Waals surface area contributed by atoms with Crippen LogP contribution in [0.15, 0.2) is 212 Å². The van der Waals surface area contributed by atoms with Gasteiger partial charge in [-0.2, -0.15) is 0 Å². The molecule has 0 saturated heterocycles. The average Bonchev–Trinajstić information content (AvgIpc) is 3.85. The summed E-state index contributed by atoms with van der Waals surface area (Å²) in [5.74, 6) is 1.56. The molecule has 0 aliphatic carbocycles. The molecule has 0 saturated carbocycles. The molecule has 0 bridgehead atoms. The quantitative estimate of drug-likeness (QED) is 0.169. The molecule has 5 nitrogen and oxygen atoms in total. The summed E-state index contributed by atoms with van der Waals surface area (Å²) in [4.78, 5) is 15.8. The third-order valence-corrected chi connectivity index (χ3v) is 11.7. The molecule has 0 aliphatic heterocycles. The number of benzene rings is 8. The first-order chi connectivity index (χ1) is 29.8. The van der Waals surface area contributed by atoms with Crippen LogP contribution in [0.4, 0.5) is 0 Å². The lowest BCUT2D eigenvalue weighted by molar-refractivity contribution is 1.09. The average molecular weight is 766 g/mol. The number of hydrogen-bond donors (Lipinski definition) is 0. The number of rotatable bonds is 6. The molecule has 0 unspecified atom stereocenters. The lowest BCUT2D eigenvalue weighted by Crippen LogP contribution is -2.00. The number of para-hydroxylation sites is 3. The normalized spacial score (nSPS) is 11.7. The highest BCUT2D eigenvalue weighted by atomic mass is 15.1. The number of fused-ring (bicyclic) bond motifs is 8. The summed E-state index contributed by atoms with van der Waals surface area (Å²) in [6, 6.07) is 74.8. The maximum Gasteiger partial charge on any atom is 0.160 e. The molecule has 0 fully saturated rings. The Hall–Kier alpha value is -8.15. The van der Waals surface area contributed by atoms with Gasteiger partial charge in [0.1, 0.15) is 5.82 Å². The Kier molecular flexibility index (Phi) is 7.78. The van der Waals surface area contributed by atoms with Crippen LogP contribution >= 0.6 is 0 Å². The van der Waals surface area contributed by atoms with Crippen LogP contribution in [0.5, 0.6) is 0 Å². The van der Waals surface area contributed by atoms with Gasteiger partial charge in [-0.25, -0.2) is 15.0 Å². The third-order valence-electron chi connectivity index (χ3n) is 11.7. The van der Waals surface area contributed by atoms with Gasteiger partial charge in [0.2, 0.25) is 0 Å². The Labute approximate surface area is 346 Å². The zero-order valence-corrected chi connectivity index (χ0v) is 32.4. The van der Waals surface area contributed by atoms with E-state index in [-0.39, 0.29) is 0 Å². The molecular weight excluding hydrogens is 731 g/mol. The van der Waals surface area contributed by atoms with Crippen LogP contribution in [0.3, 0.4) is 0 Å². The number of aromatic nitrogens is 5. The van der Waals surface area contributed by atoms with Crippen LogP contribution in [0.2, 0.25) is 0 Å². The van der Waals surface area contributed by atoms with Gasteiger partial charge < -0.3 is 4.57 Å². The second-order valence-corrected chi connectivity index (χ2v) is 15.2. The van der Waals surface area contributed by atoms with Crippen molar-refractivity contribution in [1.82, 2.24) is 24.1 Å². The van der Waals surface area contributed by atoms with E-state index in [0.29, 0.717) is 5.82 Å². The van der Waals surface area contributed by atoms with Gasteiger partial charge in [-0.3, -0.25) is 4.57 Å². The van der Waals surface area contributed by atoms with Crippen molar-refractivity contribution in [3.63, 3.8) is 0 Å². The van der Waals surface area contributed by atoms with Crippen LogP contribution in [-0.2, 0) is 0 Å². The maximum absolute atomic E-state index is 5.46. The SMILES string of the molecule is c1ccc(-c2cc(-c3ccccc3)nc(-n3c4ccccc4c4ccc5c(c6ccccc6n5-c5cccc(-c6nc(-c7ccccc7)c7ccccc7n6)c5)c43)c2)cc1. The Morgan fingerprint density at radius 1 is 0.333 bits per heavy atom. The first-order valence-electron chi connectivity index (χ1n) is 20.3. The standard InChI is InChI=1S/C55H35N5/c1-4-17-36(18-5-1)40-34-47(37-19-6-2-7-20-37)56-51(35-40)60-48-29-14-11-25-42(48)43-31-32-50-52(54(43)60)45-27-12-15-30-49(45)59(50)41-24-16-23-39(33-41)55-57-46-28-13-10-26-44(46)53(58-55)38-21-8-3-9-22-38/h1-35H. The predicted molar refractivity (Wildman–Crippen MR) is 248 cm³/mol. The molecule has 12 rings (SSSR count). The highest BCUT2D eigenvalue weighted by molar-refractivity contribution is 6.26. The van der Waals surface area contributed by atoms with Crippen molar-refractivity contribution in [3.05, 3.63) is 212 Å². The lowest BCUT2D eigenvalue weighted by atomic mass is 10.0. The Morgan fingerprint density at radius 3 is 1.72 bits per heavy atom. The molecule has 4 aromatic heterocycles. The smallest absolute Gasteiger partial charge is 0.160 e. The molecule has 8 aromatic carbocycles. The number of pyridine rings is 1. The molecule has 0 amide bonds. The van der Waals surface area contributed by atoms with Gasteiger partial charge in [-0.05, 0) is 59.7 Å². The summed E-state index contributed by atoms with van der Waals surface area (Å²) in [5.41, 5.74) is 13.6. The van der Waals surface area contributed by atoms with Crippen molar-refractivity contribution >= 4 is 54.5 Å². The fourth-order valence-corrected chi connectivity index (χ4v) is 9.02. The number of nitrogens with zero attached hydrogens (tertiary/aromatic N) is 5. The molecule has 0 atom stereocenters. The predicted octanol–water partition coefficient (Wildman–Crippen LogP) is 13.9. The Morgan fingerprint density at radius 2 is 0.950 bits per heavy atom. The van der Waals surface area contributed by atoms with E-state index < -0.39 is 0 Å². The van der Waals surface area contributed by atoms with Gasteiger partial charge in [0.25, 0.3) is 0 Å². The zero-order chi connectivity index (χ0) is 39.6. The summed E-state index contributed by atoms with van der Waals surface area (Å²) < 4.78 is 4.77. The van der Waals surface area contributed by atoms with E-state index in [4.69, 9.17) is 15.0 Å². The minimum atomic E-state index is 0.691. The topological polar surface area (TPSA) is 48.5 Å². The van der Waals surface area contributed by atoms with Gasteiger partial charge in [0, 0.05) is 49.3 Å². The highest BCUT2D eigenvalue weighted by Crippen LogP contribution is 2.43. The van der Waals surface area contributed by atoms with Crippen molar-refractivity contribution in [3.8, 4) is 56.5 Å². The summed E-state index contributed by atoms with van der Waals surface area (Å²) in [7, 11) is 0. The van der Waals surface area contributed by atoms with Crippen LogP contribution in [0.25, 0.3) is 111 Å². The minimum Gasteiger partial charge on any atom is -0.309 e. The summed E-state index contributed by atoms with van der Waals surface area (Å²) in [6.45, 7) is 0. The van der Waals surface area contributed by atoms with Gasteiger partial charge >= 0.3 is 0 Å². The van der Waals surface area contributed by atoms with Crippen LogP contribution in [0.1, 0.15) is 0 Å². The summed E-state index contributed by atoms with van der Waals surface area (Å²) >= 11 is 0. The van der Waals surface area contributed by atoms with Gasteiger partial charge in [0.05, 0.1) is 39.0 Å². The largest absolute Gasteiger partial charge is 0.309 e. The van der Waals surface area contributed by atoms with Gasteiger partial charge in [-0.15, -0.1) is 0 Å². The third kappa shape index (κ3) is 5.44. The molecular formula is C55H35N5. The van der Waals surface area contributed by atoms with Crippen molar-refractivity contribution in [1.29, 1.82) is 0 Å². The van der Waals surface area contributed by atoms with Crippen molar-refractivity contribution in [2.75, 3.05) is 0 Å². The second kappa shape index (κ2) is 13.8. The first-order valence-corrected chi connectivity index (χ1v) is 20.3. The fraction of sp³-hybridized carbons (Fsp3) is 0. The maximum atomic E-state index is 5.46. The summed E-state index contributed by atoms with van der Waals surface area (Å²) in [5, 5.41) is 5.74. The molecule has 0 spiro atoms. The highest BCUT2D eigenvalue weighted by Gasteiger charge is 2.22. The van der Waals surface area contributed by atoms with Crippen molar-refractivity contribution in [2.24, 2.45) is 0 Å². The van der Waals surface area contributed by atoms with Gasteiger partial charge in [-0.1, -0.05) is 164 Å². The molecule has 0 N–H and O–H groups in total. The lowest BCUT2D eigenvalue weighted by Gasteiger charge is -2.14. The van der Waals surface area contributed by atoms with E-state index in [1.807, 2.05) is 12.1 Å². The molecule has 0 aliphatic rings. The Bertz CT molecular complexity index is 3530. The molecule has 280 valence electrons. The summed E-state index contributed by atoms with van der Waals surface area (Å²) in [6.07, 6.45) is 0. The van der Waals surface area contributed by atoms with E-state index in [1.165, 1.54) is 21.5 Å². The van der Waals surface area contributed by atoms with Gasteiger partial charge in [0.15, 0.2) is 5.82 Å². The van der Waals surface area contributed by atoms with E-state index in [9.17, 15) is 0 Å². The van der Waals surface area contributed by atoms with Crippen molar-refractivity contribution in [2.45, 2.75) is 0 Å². The second-order valence-electron chi connectivity index (χ2n) is 15.2. The van der Waals surface area contributed by atoms with Crippen LogP contribution in [-0.4, -0.2) is 24.1 Å².